The van der Waals surface area contributed by atoms with Gasteiger partial charge in [0, 0.05) is 13.1 Å². The molecule has 5 heteroatoms. The lowest BCUT2D eigenvalue weighted by atomic mass is 10.3. The summed E-state index contributed by atoms with van der Waals surface area (Å²) in [5, 5.41) is 10.0. The first-order valence-electron chi connectivity index (χ1n) is 4.39. The van der Waals surface area contributed by atoms with Gasteiger partial charge in [0.15, 0.2) is 0 Å². The number of rotatable bonds is 3. The van der Waals surface area contributed by atoms with Crippen LogP contribution in [0.2, 0.25) is 0 Å². The van der Waals surface area contributed by atoms with Crippen LogP contribution in [0.4, 0.5) is 4.79 Å². The standard InChI is InChI=1S/C8H16N4O/c1-5(7(9)10)12(2)8(13)11-6-3-4-6/h5-6H,3-4H2,1-2H3,(H3,9,10)(H,11,13). The molecule has 1 rings (SSSR count). The van der Waals surface area contributed by atoms with E-state index >= 15 is 0 Å². The summed E-state index contributed by atoms with van der Waals surface area (Å²) in [6, 6.07) is -0.141. The van der Waals surface area contributed by atoms with Crippen molar-refractivity contribution in [2.45, 2.75) is 31.8 Å². The number of nitrogens with zero attached hydrogens (tertiary/aromatic N) is 1. The van der Waals surface area contributed by atoms with Gasteiger partial charge in [0.25, 0.3) is 0 Å². The SMILES string of the molecule is CC(C(=N)N)N(C)C(=O)NC1CC1. The van der Waals surface area contributed by atoms with Gasteiger partial charge in [-0.1, -0.05) is 0 Å². The topological polar surface area (TPSA) is 82.2 Å². The highest BCUT2D eigenvalue weighted by Crippen LogP contribution is 2.18. The second-order valence-corrected chi connectivity index (χ2v) is 3.47. The predicted molar refractivity (Wildman–Crippen MR) is 50.7 cm³/mol. The summed E-state index contributed by atoms with van der Waals surface area (Å²) in [6.45, 7) is 1.73. The maximum atomic E-state index is 11.4. The average molecular weight is 184 g/mol. The number of likely N-dealkylation sites (N-methyl/N-ethyl adjacent to an activating group) is 1. The minimum absolute atomic E-state index is 0.00782. The minimum atomic E-state index is -0.334. The maximum Gasteiger partial charge on any atom is 0.317 e. The Hall–Kier alpha value is -1.26. The Morgan fingerprint density at radius 2 is 2.23 bits per heavy atom. The minimum Gasteiger partial charge on any atom is -0.386 e. The molecule has 0 aromatic rings. The fourth-order valence-electron chi connectivity index (χ4n) is 0.889. The molecule has 0 aliphatic heterocycles. The molecule has 0 spiro atoms. The fraction of sp³-hybridized carbons (Fsp3) is 0.750. The van der Waals surface area contributed by atoms with Crippen LogP contribution in [0.3, 0.4) is 0 Å². The lowest BCUT2D eigenvalue weighted by Gasteiger charge is -2.23. The van der Waals surface area contributed by atoms with E-state index in [1.54, 1.807) is 14.0 Å². The van der Waals surface area contributed by atoms with Crippen LogP contribution in [-0.4, -0.2) is 35.9 Å². The van der Waals surface area contributed by atoms with E-state index in [2.05, 4.69) is 5.32 Å². The van der Waals surface area contributed by atoms with Crippen molar-refractivity contribution < 1.29 is 4.79 Å². The number of amides is 2. The van der Waals surface area contributed by atoms with Crippen molar-refractivity contribution in [3.8, 4) is 0 Å². The molecule has 0 saturated heterocycles. The third kappa shape index (κ3) is 2.61. The number of nitrogens with two attached hydrogens (primary N) is 1. The number of nitrogens with one attached hydrogen (secondary N) is 2. The van der Waals surface area contributed by atoms with Crippen LogP contribution in [0.1, 0.15) is 19.8 Å². The molecule has 5 nitrogen and oxygen atoms in total. The molecule has 0 aromatic heterocycles. The van der Waals surface area contributed by atoms with E-state index < -0.39 is 0 Å². The largest absolute Gasteiger partial charge is 0.386 e. The summed E-state index contributed by atoms with van der Waals surface area (Å²) >= 11 is 0. The third-order valence-electron chi connectivity index (χ3n) is 2.26. The number of carbonyl (C=O) groups excluding carboxylic acids is 1. The molecule has 0 heterocycles. The number of hydrogen-bond donors (Lipinski definition) is 3. The van der Waals surface area contributed by atoms with Gasteiger partial charge in [-0.15, -0.1) is 0 Å². The predicted octanol–water partition coefficient (Wildman–Crippen LogP) is 0.115. The van der Waals surface area contributed by atoms with E-state index in [4.69, 9.17) is 11.1 Å². The molecule has 0 radical (unpaired) electrons. The maximum absolute atomic E-state index is 11.4. The Bertz CT molecular complexity index is 224. The smallest absolute Gasteiger partial charge is 0.317 e. The van der Waals surface area contributed by atoms with Crippen LogP contribution in [-0.2, 0) is 0 Å². The van der Waals surface area contributed by atoms with Crippen LogP contribution in [0.25, 0.3) is 0 Å². The molecule has 74 valence electrons. The molecule has 1 aliphatic carbocycles. The van der Waals surface area contributed by atoms with E-state index in [1.165, 1.54) is 4.90 Å². The van der Waals surface area contributed by atoms with Gasteiger partial charge in [-0.3, -0.25) is 5.41 Å². The van der Waals surface area contributed by atoms with Crippen molar-refractivity contribution in [3.63, 3.8) is 0 Å². The lowest BCUT2D eigenvalue weighted by molar-refractivity contribution is 0.204. The Morgan fingerprint density at radius 3 is 2.62 bits per heavy atom. The highest BCUT2D eigenvalue weighted by molar-refractivity contribution is 5.87. The third-order valence-corrected chi connectivity index (χ3v) is 2.26. The molecule has 1 unspecified atom stereocenters. The Kier molecular flexibility index (Phi) is 2.75. The molecule has 1 aliphatic rings. The van der Waals surface area contributed by atoms with Crippen LogP contribution < -0.4 is 11.1 Å². The van der Waals surface area contributed by atoms with Gasteiger partial charge in [-0.25, -0.2) is 4.79 Å². The summed E-state index contributed by atoms with van der Waals surface area (Å²) in [5.41, 5.74) is 5.28. The number of urea groups is 1. The summed E-state index contributed by atoms with van der Waals surface area (Å²) < 4.78 is 0. The van der Waals surface area contributed by atoms with Crippen LogP contribution in [0.5, 0.6) is 0 Å². The van der Waals surface area contributed by atoms with Gasteiger partial charge in [-0.05, 0) is 19.8 Å². The molecule has 1 atom stereocenters. The molecule has 0 aromatic carbocycles. The molecule has 13 heavy (non-hydrogen) atoms. The lowest BCUT2D eigenvalue weighted by Crippen LogP contribution is -2.48. The quantitative estimate of drug-likeness (QED) is 0.430. The molecule has 4 N–H and O–H groups in total. The molecule has 1 saturated carbocycles. The summed E-state index contributed by atoms with van der Waals surface area (Å²) in [6.07, 6.45) is 2.13. The summed E-state index contributed by atoms with van der Waals surface area (Å²) in [5.74, 6) is 0.00782. The number of carbonyl (C=O) groups is 1. The van der Waals surface area contributed by atoms with Gasteiger partial charge >= 0.3 is 6.03 Å². The Morgan fingerprint density at radius 1 is 1.69 bits per heavy atom. The van der Waals surface area contributed by atoms with E-state index in [0.29, 0.717) is 6.04 Å². The first kappa shape index (κ1) is 9.83. The van der Waals surface area contributed by atoms with Gasteiger partial charge in [0.05, 0.1) is 6.04 Å². The van der Waals surface area contributed by atoms with Crippen molar-refractivity contribution in [1.82, 2.24) is 10.2 Å². The van der Waals surface area contributed by atoms with E-state index in [-0.39, 0.29) is 17.9 Å². The van der Waals surface area contributed by atoms with Crippen molar-refractivity contribution in [2.75, 3.05) is 7.05 Å². The normalized spacial score (nSPS) is 17.7. The second kappa shape index (κ2) is 3.64. The van der Waals surface area contributed by atoms with Gasteiger partial charge in [-0.2, -0.15) is 0 Å². The van der Waals surface area contributed by atoms with E-state index in [9.17, 15) is 4.79 Å². The summed E-state index contributed by atoms with van der Waals surface area (Å²) in [4.78, 5) is 12.8. The fourth-order valence-corrected chi connectivity index (χ4v) is 0.889. The second-order valence-electron chi connectivity index (χ2n) is 3.47. The first-order chi connectivity index (χ1) is 6.02. The first-order valence-corrected chi connectivity index (χ1v) is 4.39. The van der Waals surface area contributed by atoms with Gasteiger partial charge < -0.3 is 16.0 Å². The van der Waals surface area contributed by atoms with Crippen molar-refractivity contribution in [2.24, 2.45) is 5.73 Å². The van der Waals surface area contributed by atoms with Gasteiger partial charge in [0.2, 0.25) is 0 Å². The number of amidine groups is 1. The zero-order chi connectivity index (χ0) is 10.0. The van der Waals surface area contributed by atoms with E-state index in [0.717, 1.165) is 12.8 Å². The molecule has 2 amide bonds. The number of hydrogen-bond acceptors (Lipinski definition) is 2. The molecule has 1 fully saturated rings. The summed E-state index contributed by atoms with van der Waals surface area (Å²) in [7, 11) is 1.64. The zero-order valence-corrected chi connectivity index (χ0v) is 8.00. The van der Waals surface area contributed by atoms with Crippen LogP contribution in [0, 0.1) is 5.41 Å². The van der Waals surface area contributed by atoms with Crippen molar-refractivity contribution in [3.05, 3.63) is 0 Å². The van der Waals surface area contributed by atoms with Crippen LogP contribution in [0.15, 0.2) is 0 Å². The highest BCUT2D eigenvalue weighted by Gasteiger charge is 2.26. The molecular weight excluding hydrogens is 168 g/mol. The highest BCUT2D eigenvalue weighted by atomic mass is 16.2. The molecular formula is C8H16N4O. The Balaban J connectivity index is 2.39. The Labute approximate surface area is 77.8 Å². The average Bonchev–Trinajstić information content (AvgIpc) is 2.85. The van der Waals surface area contributed by atoms with E-state index in [1.807, 2.05) is 0 Å². The molecule has 0 bridgehead atoms. The zero-order valence-electron chi connectivity index (χ0n) is 8.00. The van der Waals surface area contributed by atoms with Crippen LogP contribution >= 0.6 is 0 Å². The van der Waals surface area contributed by atoms with Crippen molar-refractivity contribution in [1.29, 1.82) is 5.41 Å². The van der Waals surface area contributed by atoms with Crippen molar-refractivity contribution >= 4 is 11.9 Å². The monoisotopic (exact) mass is 184 g/mol. The van der Waals surface area contributed by atoms with Gasteiger partial charge in [0.1, 0.15) is 5.84 Å².